The van der Waals surface area contributed by atoms with Gasteiger partial charge in [-0.3, -0.25) is 0 Å². The molecule has 0 aliphatic carbocycles. The molecule has 0 aliphatic heterocycles. The van der Waals surface area contributed by atoms with Gasteiger partial charge in [0.15, 0.2) is 23.3 Å². The summed E-state index contributed by atoms with van der Waals surface area (Å²) >= 11 is 0. The zero-order valence-electron chi connectivity index (χ0n) is 49.8. The van der Waals surface area contributed by atoms with Crippen LogP contribution in [0.25, 0.3) is 156 Å². The number of fused-ring (bicyclic) bond motifs is 6. The molecule has 456 valence electrons. The highest BCUT2D eigenvalue weighted by atomic mass is 19.4. The van der Waals surface area contributed by atoms with Crippen LogP contribution in [0.3, 0.4) is 0 Å². The molecule has 6 heterocycles. The Morgan fingerprint density at radius 2 is 0.495 bits per heavy atom. The SMILES string of the molecule is Fc1c(F)c(F)c(-c2cc(-n3c4ccc(-c5cccc(-c6ccccc6)n5)cc4c4cc(-c5cccc(-c6ccccc6)n5)ccc43)c(-n3c4ccc(-c5cccc(-c6ccccc6)n5)cc4c4cc(-c5cccc(-c6ccccc6)n5)ccc43)cc2C(F)(F)F)c(F)c1F. The zero-order valence-corrected chi connectivity index (χ0v) is 49.8. The predicted octanol–water partition coefficient (Wildman–Crippen LogP) is 22.2. The molecule has 0 unspecified atom stereocenters. The second-order valence-electron chi connectivity index (χ2n) is 23.0. The Morgan fingerprint density at radius 3 is 0.768 bits per heavy atom. The number of alkyl halides is 3. The van der Waals surface area contributed by atoms with E-state index in [1.807, 2.05) is 243 Å². The molecule has 16 rings (SSSR count). The van der Waals surface area contributed by atoms with Crippen molar-refractivity contribution >= 4 is 43.6 Å². The van der Waals surface area contributed by atoms with Crippen molar-refractivity contribution in [3.05, 3.63) is 314 Å². The lowest BCUT2D eigenvalue weighted by Crippen LogP contribution is -2.14. The summed E-state index contributed by atoms with van der Waals surface area (Å²) < 4.78 is 132. The number of halogens is 8. The highest BCUT2D eigenvalue weighted by Crippen LogP contribution is 2.48. The first-order valence-corrected chi connectivity index (χ1v) is 30.4. The fraction of sp³-hybridized carbons (Fsp3) is 0.0123. The topological polar surface area (TPSA) is 61.4 Å². The van der Waals surface area contributed by atoms with E-state index in [0.29, 0.717) is 111 Å². The average molecular weight is 1260 g/mol. The Labute approximate surface area is 537 Å². The largest absolute Gasteiger partial charge is 0.417 e. The third-order valence-electron chi connectivity index (χ3n) is 17.4. The van der Waals surface area contributed by atoms with Gasteiger partial charge >= 0.3 is 6.18 Å². The van der Waals surface area contributed by atoms with Gasteiger partial charge in [-0.25, -0.2) is 41.9 Å². The first-order chi connectivity index (χ1) is 46.3. The van der Waals surface area contributed by atoms with Gasteiger partial charge in [0.2, 0.25) is 5.82 Å². The van der Waals surface area contributed by atoms with Crippen molar-refractivity contribution in [1.82, 2.24) is 29.1 Å². The molecule has 95 heavy (non-hydrogen) atoms. The van der Waals surface area contributed by atoms with Crippen LogP contribution >= 0.6 is 0 Å². The molecular formula is C81H46F8N6. The average Bonchev–Trinajstić information content (AvgIpc) is 1.59. The van der Waals surface area contributed by atoms with E-state index < -0.39 is 52.0 Å². The Hall–Kier alpha value is -12.2. The minimum Gasteiger partial charge on any atom is -0.307 e. The molecule has 14 heteroatoms. The van der Waals surface area contributed by atoms with Crippen molar-refractivity contribution in [2.24, 2.45) is 0 Å². The summed E-state index contributed by atoms with van der Waals surface area (Å²) in [4.78, 5) is 20.3. The standard InChI is InChI=1S/C81H46F8N6/c82-76-75(77(83)79(85)80(86)78(76)84)59-45-73(94-69-37-33-51(65-29-13-25-61(90-65)47-17-5-1-6-18-47)41-55(69)56-42-52(34-38-70(56)94)66-30-14-26-62(91-66)48-19-7-2-8-20-48)74(46-60(59)81(87,88)89)95-71-39-35-53(67-31-15-27-63(92-67)49-21-9-3-10-22-49)43-57(71)58-44-54(36-40-72(58)95)68-32-16-28-64(93-68)50-23-11-4-12-24-50/h1-46H. The smallest absolute Gasteiger partial charge is 0.307 e. The van der Waals surface area contributed by atoms with Gasteiger partial charge in [-0.05, 0) is 109 Å². The van der Waals surface area contributed by atoms with Crippen LogP contribution in [0.5, 0.6) is 0 Å². The Kier molecular flexibility index (Phi) is 14.2. The van der Waals surface area contributed by atoms with Crippen molar-refractivity contribution in [1.29, 1.82) is 0 Å². The van der Waals surface area contributed by atoms with Crippen LogP contribution in [0.1, 0.15) is 5.56 Å². The summed E-state index contributed by atoms with van der Waals surface area (Å²) in [5, 5.41) is 2.28. The number of pyridine rings is 4. The molecule has 0 spiro atoms. The number of nitrogens with zero attached hydrogens (tertiary/aromatic N) is 6. The maximum atomic E-state index is 16.6. The number of benzene rings is 10. The van der Waals surface area contributed by atoms with Gasteiger partial charge in [-0.15, -0.1) is 0 Å². The minimum atomic E-state index is -5.47. The maximum absolute atomic E-state index is 16.6. The first kappa shape index (κ1) is 58.0. The predicted molar refractivity (Wildman–Crippen MR) is 360 cm³/mol. The Morgan fingerprint density at radius 1 is 0.242 bits per heavy atom. The summed E-state index contributed by atoms with van der Waals surface area (Å²) in [7, 11) is 0. The second-order valence-corrected chi connectivity index (χ2v) is 23.0. The normalized spacial score (nSPS) is 11.8. The van der Waals surface area contributed by atoms with Gasteiger partial charge in [0.25, 0.3) is 0 Å². The molecule has 0 bridgehead atoms. The van der Waals surface area contributed by atoms with Crippen LogP contribution in [-0.4, -0.2) is 29.1 Å². The van der Waals surface area contributed by atoms with E-state index in [4.69, 9.17) is 19.9 Å². The van der Waals surface area contributed by atoms with E-state index in [0.717, 1.165) is 34.4 Å². The summed E-state index contributed by atoms with van der Waals surface area (Å²) in [5.74, 6) is -12.2. The van der Waals surface area contributed by atoms with Gasteiger partial charge in [0.05, 0.1) is 90.1 Å². The van der Waals surface area contributed by atoms with Crippen LogP contribution < -0.4 is 0 Å². The number of aromatic nitrogens is 6. The lowest BCUT2D eigenvalue weighted by atomic mass is 9.95. The Balaban J connectivity index is 1.01. The van der Waals surface area contributed by atoms with Crippen molar-refractivity contribution < 1.29 is 35.1 Å². The zero-order chi connectivity index (χ0) is 64.6. The second kappa shape index (κ2) is 23.2. The molecule has 0 saturated heterocycles. The number of hydrogen-bond donors (Lipinski definition) is 0. The molecule has 6 nitrogen and oxygen atoms in total. The maximum Gasteiger partial charge on any atom is 0.417 e. The number of hydrogen-bond acceptors (Lipinski definition) is 4. The van der Waals surface area contributed by atoms with Crippen molar-refractivity contribution in [3.63, 3.8) is 0 Å². The van der Waals surface area contributed by atoms with Crippen LogP contribution in [0.15, 0.2) is 279 Å². The van der Waals surface area contributed by atoms with Gasteiger partial charge in [0.1, 0.15) is 0 Å². The molecule has 0 fully saturated rings. The monoisotopic (exact) mass is 1250 g/mol. The fourth-order valence-electron chi connectivity index (χ4n) is 12.9. The summed E-state index contributed by atoms with van der Waals surface area (Å²) in [6.07, 6.45) is -5.47. The van der Waals surface area contributed by atoms with E-state index in [9.17, 15) is 0 Å². The van der Waals surface area contributed by atoms with Crippen molar-refractivity contribution in [3.8, 4) is 113 Å². The summed E-state index contributed by atoms with van der Waals surface area (Å²) in [6, 6.07) is 85.0. The van der Waals surface area contributed by atoms with E-state index in [2.05, 4.69) is 0 Å². The fourth-order valence-corrected chi connectivity index (χ4v) is 12.9. The molecular weight excluding hydrogens is 1210 g/mol. The van der Waals surface area contributed by atoms with Crippen LogP contribution in [0.4, 0.5) is 35.1 Å². The molecule has 0 atom stereocenters. The summed E-state index contributed by atoms with van der Waals surface area (Å²) in [5.41, 5.74) is 7.95. The quantitative estimate of drug-likeness (QED) is 0.0735. The van der Waals surface area contributed by atoms with E-state index in [-0.39, 0.29) is 11.4 Å². The van der Waals surface area contributed by atoms with Gasteiger partial charge in [0, 0.05) is 71.6 Å². The molecule has 0 amide bonds. The van der Waals surface area contributed by atoms with E-state index >= 15 is 35.1 Å². The van der Waals surface area contributed by atoms with Crippen molar-refractivity contribution in [2.45, 2.75) is 6.18 Å². The molecule has 6 aromatic heterocycles. The van der Waals surface area contributed by atoms with Crippen molar-refractivity contribution in [2.75, 3.05) is 0 Å². The lowest BCUT2D eigenvalue weighted by Gasteiger charge is -2.23. The lowest BCUT2D eigenvalue weighted by molar-refractivity contribution is -0.137. The van der Waals surface area contributed by atoms with Gasteiger partial charge in [-0.1, -0.05) is 170 Å². The van der Waals surface area contributed by atoms with Crippen LogP contribution in [-0.2, 0) is 6.18 Å². The minimum absolute atomic E-state index is 0.118. The molecule has 0 saturated carbocycles. The van der Waals surface area contributed by atoms with E-state index in [1.165, 1.54) is 0 Å². The molecule has 0 N–H and O–H groups in total. The molecule has 0 aliphatic rings. The molecule has 16 aromatic rings. The molecule has 10 aromatic carbocycles. The summed E-state index contributed by atoms with van der Waals surface area (Å²) in [6.45, 7) is 0. The van der Waals surface area contributed by atoms with Gasteiger partial charge in [-0.2, -0.15) is 13.2 Å². The highest BCUT2D eigenvalue weighted by molar-refractivity contribution is 6.14. The van der Waals surface area contributed by atoms with Gasteiger partial charge < -0.3 is 9.13 Å². The van der Waals surface area contributed by atoms with E-state index in [1.54, 1.807) is 33.4 Å². The Bertz CT molecular complexity index is 5410. The third-order valence-corrected chi connectivity index (χ3v) is 17.4. The van der Waals surface area contributed by atoms with Crippen LogP contribution in [0.2, 0.25) is 0 Å². The molecule has 0 radical (unpaired) electrons. The van der Waals surface area contributed by atoms with Crippen LogP contribution in [0, 0.1) is 29.1 Å². The first-order valence-electron chi connectivity index (χ1n) is 30.4. The highest BCUT2D eigenvalue weighted by Gasteiger charge is 2.39. The third kappa shape index (κ3) is 10.2. The number of rotatable bonds is 11.